The molecule has 2 nitrogen and oxygen atoms in total. The molecule has 1 rings (SSSR count). The standard InChI is InChI=1S/C12H14Cl2O2/c1-4-16-11(15)12(2,3)9-6-5-8(13)7-10(9)14/h5-7H,4H2,1-3H3. The number of hydrogen-bond donors (Lipinski definition) is 0. The SMILES string of the molecule is CCOC(=O)C(C)(C)c1ccc(Cl)cc1Cl. The average molecular weight is 261 g/mol. The molecule has 0 fully saturated rings. The number of halogens is 2. The maximum atomic E-state index is 11.8. The predicted molar refractivity (Wildman–Crippen MR) is 66.1 cm³/mol. The van der Waals surface area contributed by atoms with E-state index in [2.05, 4.69) is 0 Å². The molecule has 0 bridgehead atoms. The summed E-state index contributed by atoms with van der Waals surface area (Å²) in [7, 11) is 0. The Balaban J connectivity index is 3.11. The van der Waals surface area contributed by atoms with Crippen LogP contribution in [0.3, 0.4) is 0 Å². The van der Waals surface area contributed by atoms with Gasteiger partial charge in [0, 0.05) is 10.0 Å². The molecule has 1 aromatic carbocycles. The van der Waals surface area contributed by atoms with Crippen molar-refractivity contribution in [3.05, 3.63) is 33.8 Å². The lowest BCUT2D eigenvalue weighted by molar-refractivity contribution is -0.148. The minimum atomic E-state index is -0.766. The van der Waals surface area contributed by atoms with Crippen LogP contribution in [0.5, 0.6) is 0 Å². The summed E-state index contributed by atoms with van der Waals surface area (Å²) in [6.45, 7) is 5.69. The summed E-state index contributed by atoms with van der Waals surface area (Å²) >= 11 is 11.9. The number of benzene rings is 1. The molecular weight excluding hydrogens is 247 g/mol. The van der Waals surface area contributed by atoms with Gasteiger partial charge >= 0.3 is 5.97 Å². The van der Waals surface area contributed by atoms with Crippen LogP contribution in [0.15, 0.2) is 18.2 Å². The molecule has 0 spiro atoms. The highest BCUT2D eigenvalue weighted by Gasteiger charge is 2.33. The summed E-state index contributed by atoms with van der Waals surface area (Å²) in [4.78, 5) is 11.8. The third-order valence-electron chi connectivity index (χ3n) is 2.39. The summed E-state index contributed by atoms with van der Waals surface area (Å²) < 4.78 is 5.02. The quantitative estimate of drug-likeness (QED) is 0.773. The van der Waals surface area contributed by atoms with Crippen molar-refractivity contribution in [1.82, 2.24) is 0 Å². The van der Waals surface area contributed by atoms with E-state index in [9.17, 15) is 4.79 Å². The maximum absolute atomic E-state index is 11.8. The van der Waals surface area contributed by atoms with Crippen LogP contribution in [0.2, 0.25) is 10.0 Å². The molecule has 0 heterocycles. The summed E-state index contributed by atoms with van der Waals surface area (Å²) in [6, 6.07) is 5.09. The minimum absolute atomic E-state index is 0.292. The third kappa shape index (κ3) is 2.69. The zero-order valence-corrected chi connectivity index (χ0v) is 11.0. The van der Waals surface area contributed by atoms with Gasteiger partial charge in [-0.2, -0.15) is 0 Å². The van der Waals surface area contributed by atoms with E-state index in [-0.39, 0.29) is 5.97 Å². The Morgan fingerprint density at radius 3 is 2.50 bits per heavy atom. The average Bonchev–Trinajstić information content (AvgIpc) is 2.17. The van der Waals surface area contributed by atoms with E-state index in [1.54, 1.807) is 39.0 Å². The van der Waals surface area contributed by atoms with E-state index in [0.717, 1.165) is 5.56 Å². The van der Waals surface area contributed by atoms with Crippen molar-refractivity contribution in [3.8, 4) is 0 Å². The Morgan fingerprint density at radius 1 is 1.38 bits per heavy atom. The van der Waals surface area contributed by atoms with Crippen molar-refractivity contribution in [3.63, 3.8) is 0 Å². The van der Waals surface area contributed by atoms with Crippen molar-refractivity contribution < 1.29 is 9.53 Å². The molecule has 0 aliphatic heterocycles. The van der Waals surface area contributed by atoms with Crippen LogP contribution in [-0.2, 0) is 14.9 Å². The van der Waals surface area contributed by atoms with Gasteiger partial charge in [-0.25, -0.2) is 0 Å². The van der Waals surface area contributed by atoms with E-state index < -0.39 is 5.41 Å². The fourth-order valence-electron chi connectivity index (χ4n) is 1.42. The van der Waals surface area contributed by atoms with Gasteiger partial charge < -0.3 is 4.74 Å². The zero-order valence-electron chi connectivity index (χ0n) is 9.51. The van der Waals surface area contributed by atoms with E-state index in [4.69, 9.17) is 27.9 Å². The summed E-state index contributed by atoms with van der Waals surface area (Å²) in [5.41, 5.74) is -0.0467. The van der Waals surface area contributed by atoms with Crippen LogP contribution in [0.4, 0.5) is 0 Å². The van der Waals surface area contributed by atoms with Gasteiger partial charge in [0.1, 0.15) is 0 Å². The topological polar surface area (TPSA) is 26.3 Å². The van der Waals surface area contributed by atoms with E-state index in [0.29, 0.717) is 16.7 Å². The number of esters is 1. The van der Waals surface area contributed by atoms with Crippen molar-refractivity contribution in [2.75, 3.05) is 6.61 Å². The fourth-order valence-corrected chi connectivity index (χ4v) is 2.06. The zero-order chi connectivity index (χ0) is 12.3. The second kappa shape index (κ2) is 5.07. The monoisotopic (exact) mass is 260 g/mol. The maximum Gasteiger partial charge on any atom is 0.316 e. The van der Waals surface area contributed by atoms with Crippen molar-refractivity contribution in [2.45, 2.75) is 26.2 Å². The Labute approximate surface area is 106 Å². The first-order chi connectivity index (χ1) is 7.39. The molecule has 0 N–H and O–H groups in total. The molecule has 0 unspecified atom stereocenters. The highest BCUT2D eigenvalue weighted by atomic mass is 35.5. The molecule has 88 valence electrons. The number of rotatable bonds is 3. The molecule has 4 heteroatoms. The smallest absolute Gasteiger partial charge is 0.316 e. The van der Waals surface area contributed by atoms with Crippen molar-refractivity contribution in [2.24, 2.45) is 0 Å². The molecule has 0 aliphatic rings. The molecular formula is C12H14Cl2O2. The minimum Gasteiger partial charge on any atom is -0.465 e. The lowest BCUT2D eigenvalue weighted by Crippen LogP contribution is -2.31. The summed E-state index contributed by atoms with van der Waals surface area (Å²) in [5.74, 6) is -0.292. The number of ether oxygens (including phenoxy) is 1. The van der Waals surface area contributed by atoms with Crippen LogP contribution >= 0.6 is 23.2 Å². The fraction of sp³-hybridized carbons (Fsp3) is 0.417. The van der Waals surface area contributed by atoms with Crippen molar-refractivity contribution >= 4 is 29.2 Å². The Bertz CT molecular complexity index is 400. The highest BCUT2D eigenvalue weighted by Crippen LogP contribution is 2.32. The van der Waals surface area contributed by atoms with Crippen LogP contribution in [0, 0.1) is 0 Å². The van der Waals surface area contributed by atoms with Gasteiger partial charge in [-0.3, -0.25) is 4.79 Å². The van der Waals surface area contributed by atoms with Crippen LogP contribution in [0.25, 0.3) is 0 Å². The number of carbonyl (C=O) groups is 1. The van der Waals surface area contributed by atoms with Gasteiger partial charge in [0.05, 0.1) is 12.0 Å². The highest BCUT2D eigenvalue weighted by molar-refractivity contribution is 6.35. The van der Waals surface area contributed by atoms with Crippen LogP contribution in [0.1, 0.15) is 26.3 Å². The first kappa shape index (κ1) is 13.3. The molecule has 0 saturated heterocycles. The van der Waals surface area contributed by atoms with E-state index >= 15 is 0 Å². The second-order valence-corrected chi connectivity index (χ2v) is 4.81. The second-order valence-electron chi connectivity index (χ2n) is 3.97. The summed E-state index contributed by atoms with van der Waals surface area (Å²) in [6.07, 6.45) is 0. The Kier molecular flexibility index (Phi) is 4.22. The molecule has 0 aliphatic carbocycles. The molecule has 1 aromatic rings. The van der Waals surface area contributed by atoms with Crippen molar-refractivity contribution in [1.29, 1.82) is 0 Å². The lowest BCUT2D eigenvalue weighted by Gasteiger charge is -2.23. The van der Waals surface area contributed by atoms with Gasteiger partial charge in [0.15, 0.2) is 0 Å². The molecule has 0 aromatic heterocycles. The van der Waals surface area contributed by atoms with Crippen LogP contribution in [-0.4, -0.2) is 12.6 Å². The number of carbonyl (C=O) groups excluding carboxylic acids is 1. The van der Waals surface area contributed by atoms with Gasteiger partial charge in [-0.15, -0.1) is 0 Å². The van der Waals surface area contributed by atoms with Gasteiger partial charge in [0.2, 0.25) is 0 Å². The van der Waals surface area contributed by atoms with Crippen LogP contribution < -0.4 is 0 Å². The molecule has 0 saturated carbocycles. The largest absolute Gasteiger partial charge is 0.465 e. The molecule has 0 atom stereocenters. The Morgan fingerprint density at radius 2 is 2.00 bits per heavy atom. The normalized spacial score (nSPS) is 11.3. The van der Waals surface area contributed by atoms with Gasteiger partial charge in [0.25, 0.3) is 0 Å². The number of hydrogen-bond acceptors (Lipinski definition) is 2. The first-order valence-electron chi connectivity index (χ1n) is 5.02. The molecule has 0 radical (unpaired) electrons. The molecule has 16 heavy (non-hydrogen) atoms. The third-order valence-corrected chi connectivity index (χ3v) is 2.94. The lowest BCUT2D eigenvalue weighted by atomic mass is 9.85. The first-order valence-corrected chi connectivity index (χ1v) is 5.78. The molecule has 0 amide bonds. The summed E-state index contributed by atoms with van der Waals surface area (Å²) in [5, 5.41) is 1.03. The Hall–Kier alpha value is -0.730. The van der Waals surface area contributed by atoms with Gasteiger partial charge in [-0.05, 0) is 38.5 Å². The van der Waals surface area contributed by atoms with E-state index in [1.165, 1.54) is 0 Å². The predicted octanol–water partition coefficient (Wildman–Crippen LogP) is 3.83. The van der Waals surface area contributed by atoms with Gasteiger partial charge in [-0.1, -0.05) is 29.3 Å². The van der Waals surface area contributed by atoms with E-state index in [1.807, 2.05) is 0 Å².